The molecule has 1 fully saturated rings. The van der Waals surface area contributed by atoms with Gasteiger partial charge in [0, 0.05) is 31.7 Å². The van der Waals surface area contributed by atoms with Crippen LogP contribution in [0.15, 0.2) is 0 Å². The van der Waals surface area contributed by atoms with Crippen LogP contribution in [-0.2, 0) is 4.79 Å². The Morgan fingerprint density at radius 2 is 2.05 bits per heavy atom. The van der Waals surface area contributed by atoms with Gasteiger partial charge in [-0.2, -0.15) is 13.2 Å². The molecule has 0 saturated carbocycles. The largest absolute Gasteiger partial charge is 0.401 e. The van der Waals surface area contributed by atoms with Crippen molar-refractivity contribution in [3.63, 3.8) is 0 Å². The summed E-state index contributed by atoms with van der Waals surface area (Å²) >= 11 is 0. The van der Waals surface area contributed by atoms with Crippen LogP contribution >= 0.6 is 0 Å². The molecule has 0 aliphatic carbocycles. The Kier molecular flexibility index (Phi) is 6.26. The molecule has 1 saturated heterocycles. The third-order valence-electron chi connectivity index (χ3n) is 3.47. The first-order valence-electron chi connectivity index (χ1n) is 6.92. The van der Waals surface area contributed by atoms with E-state index in [0.717, 1.165) is 0 Å². The van der Waals surface area contributed by atoms with Crippen LogP contribution in [0.25, 0.3) is 0 Å². The van der Waals surface area contributed by atoms with Gasteiger partial charge in [-0.3, -0.25) is 4.79 Å². The van der Waals surface area contributed by atoms with Crippen LogP contribution in [0.5, 0.6) is 0 Å². The highest BCUT2D eigenvalue weighted by Gasteiger charge is 2.33. The molecule has 118 valence electrons. The fraction of sp³-hybridized carbons (Fsp3) is 0.923. The summed E-state index contributed by atoms with van der Waals surface area (Å²) in [5.41, 5.74) is 0. The smallest absolute Gasteiger partial charge is 0.396 e. The molecule has 0 aromatic rings. The molecule has 0 aromatic carbocycles. The zero-order chi connectivity index (χ0) is 15.3. The van der Waals surface area contributed by atoms with Crippen LogP contribution in [0.1, 0.15) is 26.7 Å². The summed E-state index contributed by atoms with van der Waals surface area (Å²) in [6.07, 6.45) is -3.19. The van der Waals surface area contributed by atoms with Crippen molar-refractivity contribution >= 4 is 5.91 Å². The monoisotopic (exact) mass is 296 g/mol. The highest BCUT2D eigenvalue weighted by Crippen LogP contribution is 2.22. The fourth-order valence-electron chi connectivity index (χ4n) is 2.55. The van der Waals surface area contributed by atoms with Gasteiger partial charge in [0.25, 0.3) is 0 Å². The number of nitrogens with one attached hydrogen (secondary N) is 1. The molecule has 20 heavy (non-hydrogen) atoms. The molecule has 4 nitrogen and oxygen atoms in total. The van der Waals surface area contributed by atoms with Crippen molar-refractivity contribution in [1.82, 2.24) is 10.2 Å². The number of halogens is 3. The minimum Gasteiger partial charge on any atom is -0.396 e. The summed E-state index contributed by atoms with van der Waals surface area (Å²) in [4.78, 5) is 13.6. The molecular formula is C13H23F3N2O2. The van der Waals surface area contributed by atoms with Gasteiger partial charge in [-0.1, -0.05) is 13.8 Å². The highest BCUT2D eigenvalue weighted by molar-refractivity contribution is 5.78. The molecule has 0 spiro atoms. The third kappa shape index (κ3) is 5.66. The van der Waals surface area contributed by atoms with E-state index in [2.05, 4.69) is 5.32 Å². The molecule has 0 radical (unpaired) electrons. The number of piperidine rings is 1. The van der Waals surface area contributed by atoms with E-state index in [4.69, 9.17) is 5.11 Å². The summed E-state index contributed by atoms with van der Waals surface area (Å²) in [6, 6.07) is -0.371. The lowest BCUT2D eigenvalue weighted by Gasteiger charge is -2.39. The number of likely N-dealkylation sites (tertiary alicyclic amines) is 1. The second-order valence-electron chi connectivity index (χ2n) is 5.70. The Morgan fingerprint density at radius 3 is 2.55 bits per heavy atom. The average molecular weight is 296 g/mol. The maximum absolute atomic E-state index is 12.3. The van der Waals surface area contributed by atoms with Crippen molar-refractivity contribution in [3.05, 3.63) is 0 Å². The van der Waals surface area contributed by atoms with Crippen LogP contribution in [0.4, 0.5) is 13.2 Å². The van der Waals surface area contributed by atoms with Crippen molar-refractivity contribution in [3.8, 4) is 0 Å². The van der Waals surface area contributed by atoms with E-state index in [1.54, 1.807) is 18.7 Å². The Morgan fingerprint density at radius 1 is 1.40 bits per heavy atom. The Bertz CT molecular complexity index is 321. The first-order valence-corrected chi connectivity index (χ1v) is 6.92. The van der Waals surface area contributed by atoms with Crippen LogP contribution in [0.2, 0.25) is 0 Å². The number of carbonyl (C=O) groups is 1. The van der Waals surface area contributed by atoms with E-state index in [9.17, 15) is 18.0 Å². The second-order valence-corrected chi connectivity index (χ2v) is 5.70. The maximum Gasteiger partial charge on any atom is 0.401 e. The van der Waals surface area contributed by atoms with Crippen molar-refractivity contribution in [1.29, 1.82) is 0 Å². The van der Waals surface area contributed by atoms with E-state index in [1.165, 1.54) is 0 Å². The number of amides is 1. The van der Waals surface area contributed by atoms with Crippen LogP contribution in [0, 0.1) is 11.8 Å². The number of hydrogen-bond donors (Lipinski definition) is 2. The number of aliphatic hydroxyl groups excluding tert-OH is 1. The van der Waals surface area contributed by atoms with Crippen molar-refractivity contribution < 1.29 is 23.1 Å². The van der Waals surface area contributed by atoms with Crippen molar-refractivity contribution in [2.75, 3.05) is 26.2 Å². The quantitative estimate of drug-likeness (QED) is 0.806. The van der Waals surface area contributed by atoms with Gasteiger partial charge >= 0.3 is 6.18 Å². The Balaban J connectivity index is 2.63. The van der Waals surface area contributed by atoms with Gasteiger partial charge in [-0.25, -0.2) is 0 Å². The first kappa shape index (κ1) is 17.2. The Hall–Kier alpha value is -0.820. The predicted molar refractivity (Wildman–Crippen MR) is 69.1 cm³/mol. The van der Waals surface area contributed by atoms with E-state index in [0.29, 0.717) is 25.9 Å². The molecule has 2 atom stereocenters. The lowest BCUT2D eigenvalue weighted by Crippen LogP contribution is -2.53. The molecule has 1 rings (SSSR count). The SMILES string of the molecule is CC(C)C(=O)N1CC(CCO)CC(NCC(F)(F)F)C1. The number of alkyl halides is 3. The summed E-state index contributed by atoms with van der Waals surface area (Å²) in [5, 5.41) is 11.5. The lowest BCUT2D eigenvalue weighted by atomic mass is 9.91. The summed E-state index contributed by atoms with van der Waals surface area (Å²) in [6.45, 7) is 3.30. The van der Waals surface area contributed by atoms with Crippen LogP contribution in [-0.4, -0.2) is 54.4 Å². The van der Waals surface area contributed by atoms with Gasteiger partial charge < -0.3 is 15.3 Å². The highest BCUT2D eigenvalue weighted by atomic mass is 19.4. The standard InChI is InChI=1S/C13H23F3N2O2/c1-9(2)12(20)18-6-10(3-4-19)5-11(7-18)17-8-13(14,15)16/h9-11,17,19H,3-8H2,1-2H3. The Labute approximate surface area is 117 Å². The molecular weight excluding hydrogens is 273 g/mol. The summed E-state index contributed by atoms with van der Waals surface area (Å²) < 4.78 is 36.8. The van der Waals surface area contributed by atoms with Gasteiger partial charge in [-0.15, -0.1) is 0 Å². The number of carbonyl (C=O) groups excluding carboxylic acids is 1. The molecule has 7 heteroatoms. The average Bonchev–Trinajstić information content (AvgIpc) is 2.34. The summed E-state index contributed by atoms with van der Waals surface area (Å²) in [5.74, 6) is -0.181. The predicted octanol–water partition coefficient (Wildman–Crippen LogP) is 1.39. The van der Waals surface area contributed by atoms with Gasteiger partial charge in [0.1, 0.15) is 0 Å². The molecule has 2 N–H and O–H groups in total. The number of hydrogen-bond acceptors (Lipinski definition) is 3. The zero-order valence-electron chi connectivity index (χ0n) is 11.9. The molecule has 1 heterocycles. The third-order valence-corrected chi connectivity index (χ3v) is 3.47. The molecule has 1 aliphatic rings. The molecule has 2 unspecified atom stereocenters. The topological polar surface area (TPSA) is 52.6 Å². The van der Waals surface area contributed by atoms with E-state index in [-0.39, 0.29) is 30.4 Å². The maximum atomic E-state index is 12.3. The molecule has 0 bridgehead atoms. The zero-order valence-corrected chi connectivity index (χ0v) is 11.9. The van der Waals surface area contributed by atoms with Gasteiger partial charge in [0.15, 0.2) is 0 Å². The minimum absolute atomic E-state index is 0.0135. The first-order chi connectivity index (χ1) is 9.23. The van der Waals surface area contributed by atoms with Crippen molar-refractivity contribution in [2.24, 2.45) is 11.8 Å². The summed E-state index contributed by atoms with van der Waals surface area (Å²) in [7, 11) is 0. The second kappa shape index (κ2) is 7.26. The molecule has 1 amide bonds. The number of nitrogens with zero attached hydrogens (tertiary/aromatic N) is 1. The van der Waals surface area contributed by atoms with Gasteiger partial charge in [0.05, 0.1) is 6.54 Å². The van der Waals surface area contributed by atoms with E-state index in [1.807, 2.05) is 0 Å². The van der Waals surface area contributed by atoms with Crippen LogP contribution < -0.4 is 5.32 Å². The normalized spacial score (nSPS) is 24.2. The van der Waals surface area contributed by atoms with Crippen LogP contribution in [0.3, 0.4) is 0 Å². The number of aliphatic hydroxyl groups is 1. The lowest BCUT2D eigenvalue weighted by molar-refractivity contribution is -0.138. The van der Waals surface area contributed by atoms with E-state index >= 15 is 0 Å². The van der Waals surface area contributed by atoms with Gasteiger partial charge in [0.2, 0.25) is 5.91 Å². The molecule has 0 aromatic heterocycles. The number of rotatable bonds is 5. The van der Waals surface area contributed by atoms with E-state index < -0.39 is 12.7 Å². The molecule has 1 aliphatic heterocycles. The van der Waals surface area contributed by atoms with Crippen molar-refractivity contribution in [2.45, 2.75) is 38.9 Å². The minimum atomic E-state index is -4.25. The van der Waals surface area contributed by atoms with Gasteiger partial charge in [-0.05, 0) is 18.8 Å². The fourth-order valence-corrected chi connectivity index (χ4v) is 2.55.